The molecule has 2 heterocycles. The third kappa shape index (κ3) is 6.28. The van der Waals surface area contributed by atoms with Crippen LogP contribution in [0.3, 0.4) is 0 Å². The predicted octanol–water partition coefficient (Wildman–Crippen LogP) is 2.20. The Balaban J connectivity index is 1.61. The molecule has 0 spiro atoms. The van der Waals surface area contributed by atoms with Crippen molar-refractivity contribution in [3.8, 4) is 0 Å². The Labute approximate surface area is 203 Å². The molecule has 2 aliphatic rings. The highest BCUT2D eigenvalue weighted by molar-refractivity contribution is 7.90. The molecule has 34 heavy (non-hydrogen) atoms. The van der Waals surface area contributed by atoms with Crippen LogP contribution in [0.1, 0.15) is 47.5 Å². The molecule has 2 amide bonds. The van der Waals surface area contributed by atoms with Gasteiger partial charge in [-0.05, 0) is 65.7 Å². The number of morpholine rings is 1. The molecule has 1 aromatic carbocycles. The Hall–Kier alpha value is -1.73. The lowest BCUT2D eigenvalue weighted by atomic mass is 10.1. The Bertz CT molecular complexity index is 1080. The summed E-state index contributed by atoms with van der Waals surface area (Å²) in [6, 6.07) is 5.65. The number of urea groups is 1. The van der Waals surface area contributed by atoms with Gasteiger partial charge in [0.25, 0.3) is 0 Å². The molecule has 2 unspecified atom stereocenters. The van der Waals surface area contributed by atoms with Gasteiger partial charge in [0, 0.05) is 37.9 Å². The third-order valence-electron chi connectivity index (χ3n) is 6.02. The van der Waals surface area contributed by atoms with E-state index in [-0.39, 0.29) is 42.3 Å². The molecule has 2 fully saturated rings. The van der Waals surface area contributed by atoms with E-state index >= 15 is 0 Å². The Morgan fingerprint density at radius 1 is 1.03 bits per heavy atom. The highest BCUT2D eigenvalue weighted by Crippen LogP contribution is 2.24. The van der Waals surface area contributed by atoms with Gasteiger partial charge in [0.2, 0.25) is 20.0 Å². The fraction of sp³-hybridized carbons (Fsp3) is 0.682. The van der Waals surface area contributed by atoms with Crippen LogP contribution in [-0.4, -0.2) is 81.2 Å². The zero-order chi connectivity index (χ0) is 25.3. The molecule has 2 aliphatic heterocycles. The molecule has 0 saturated carbocycles. The molecule has 0 bridgehead atoms. The van der Waals surface area contributed by atoms with E-state index in [0.717, 1.165) is 0 Å². The summed E-state index contributed by atoms with van der Waals surface area (Å²) in [5.41, 5.74) is 0.385. The van der Waals surface area contributed by atoms with Gasteiger partial charge in [-0.1, -0.05) is 6.07 Å². The first kappa shape index (κ1) is 26.9. The summed E-state index contributed by atoms with van der Waals surface area (Å²) in [7, 11) is -7.18. The molecule has 2 saturated heterocycles. The predicted molar refractivity (Wildman–Crippen MR) is 131 cm³/mol. The van der Waals surface area contributed by atoms with Crippen LogP contribution in [0.15, 0.2) is 29.2 Å². The average molecular weight is 517 g/mol. The monoisotopic (exact) mass is 516 g/mol. The number of carbonyl (C=O) groups excluding carboxylic acids is 1. The molecule has 10 nitrogen and oxygen atoms in total. The summed E-state index contributed by atoms with van der Waals surface area (Å²) in [4.78, 5) is 14.5. The number of likely N-dealkylation sites (tertiary alicyclic amines) is 1. The van der Waals surface area contributed by atoms with Gasteiger partial charge >= 0.3 is 6.03 Å². The minimum atomic E-state index is -3.72. The van der Waals surface area contributed by atoms with Crippen molar-refractivity contribution in [3.05, 3.63) is 24.3 Å². The van der Waals surface area contributed by atoms with Crippen LogP contribution in [-0.2, 0) is 24.8 Å². The van der Waals surface area contributed by atoms with Crippen LogP contribution in [0.5, 0.6) is 0 Å². The lowest BCUT2D eigenvalue weighted by Crippen LogP contribution is -2.50. The second-order valence-electron chi connectivity index (χ2n) is 10.0. The van der Waals surface area contributed by atoms with Crippen LogP contribution in [0, 0.1) is 0 Å². The van der Waals surface area contributed by atoms with Gasteiger partial charge in [0.15, 0.2) is 0 Å². The van der Waals surface area contributed by atoms with Gasteiger partial charge in [-0.25, -0.2) is 26.4 Å². The molecule has 3 rings (SSSR count). The standard InChI is InChI=1S/C22H36N4O6S2/c1-16-14-26(15-17(2)32-16)33(28,29)20-8-6-7-19(13-20)23-21(27)25-11-9-18(10-12-25)24-34(30,31)22(3,4)5/h6-8,13,16-18,24H,9-12,14-15H2,1-5H3,(H,23,27). The minimum absolute atomic E-state index is 0.113. The fourth-order valence-electron chi connectivity index (χ4n) is 4.01. The molecular weight excluding hydrogens is 480 g/mol. The smallest absolute Gasteiger partial charge is 0.321 e. The largest absolute Gasteiger partial charge is 0.373 e. The third-order valence-corrected chi connectivity index (χ3v) is 10.1. The van der Waals surface area contributed by atoms with Gasteiger partial charge in [-0.3, -0.25) is 0 Å². The SMILES string of the molecule is CC1CN(S(=O)(=O)c2cccc(NC(=O)N3CCC(NS(=O)(=O)C(C)(C)C)CC3)c2)CC(C)O1. The highest BCUT2D eigenvalue weighted by atomic mass is 32.2. The maximum absolute atomic E-state index is 13.1. The molecule has 0 aromatic heterocycles. The van der Waals surface area contributed by atoms with Crippen molar-refractivity contribution in [2.75, 3.05) is 31.5 Å². The number of anilines is 1. The van der Waals surface area contributed by atoms with Crippen LogP contribution in [0.2, 0.25) is 0 Å². The fourth-order valence-corrected chi connectivity index (χ4v) is 6.67. The minimum Gasteiger partial charge on any atom is -0.373 e. The zero-order valence-corrected chi connectivity index (χ0v) is 22.1. The van der Waals surface area contributed by atoms with Crippen molar-refractivity contribution in [3.63, 3.8) is 0 Å². The Morgan fingerprint density at radius 3 is 2.18 bits per heavy atom. The number of sulfonamides is 2. The van der Waals surface area contributed by atoms with Crippen molar-refractivity contribution in [1.29, 1.82) is 0 Å². The van der Waals surface area contributed by atoms with E-state index in [9.17, 15) is 21.6 Å². The molecule has 12 heteroatoms. The van der Waals surface area contributed by atoms with Crippen LogP contribution in [0.4, 0.5) is 10.5 Å². The summed E-state index contributed by atoms with van der Waals surface area (Å²) in [5.74, 6) is 0. The van der Waals surface area contributed by atoms with Gasteiger partial charge in [-0.15, -0.1) is 0 Å². The zero-order valence-electron chi connectivity index (χ0n) is 20.4. The summed E-state index contributed by atoms with van der Waals surface area (Å²) in [5, 5.41) is 2.77. The van der Waals surface area contributed by atoms with E-state index in [2.05, 4.69) is 10.0 Å². The van der Waals surface area contributed by atoms with Crippen molar-refractivity contribution >= 4 is 31.8 Å². The summed E-state index contributed by atoms with van der Waals surface area (Å²) < 4.78 is 59.9. The second kappa shape index (κ2) is 10.1. The first-order valence-corrected chi connectivity index (χ1v) is 14.4. The van der Waals surface area contributed by atoms with Crippen molar-refractivity contribution in [1.82, 2.24) is 13.9 Å². The second-order valence-corrected chi connectivity index (χ2v) is 14.4. The number of nitrogens with one attached hydrogen (secondary N) is 2. The van der Waals surface area contributed by atoms with Crippen molar-refractivity contribution in [2.45, 2.75) is 75.4 Å². The molecule has 192 valence electrons. The number of carbonyl (C=O) groups is 1. The lowest BCUT2D eigenvalue weighted by molar-refractivity contribution is -0.0440. The van der Waals surface area contributed by atoms with E-state index < -0.39 is 24.8 Å². The Morgan fingerprint density at radius 2 is 1.62 bits per heavy atom. The number of amides is 2. The van der Waals surface area contributed by atoms with Crippen LogP contribution in [0.25, 0.3) is 0 Å². The molecule has 2 atom stereocenters. The van der Waals surface area contributed by atoms with E-state index in [1.165, 1.54) is 16.4 Å². The summed E-state index contributed by atoms with van der Waals surface area (Å²) >= 11 is 0. The first-order chi connectivity index (χ1) is 15.7. The maximum Gasteiger partial charge on any atom is 0.321 e. The summed E-state index contributed by atoms with van der Waals surface area (Å²) in [6.45, 7) is 9.95. The van der Waals surface area contributed by atoms with Gasteiger partial charge in [-0.2, -0.15) is 4.31 Å². The quantitative estimate of drug-likeness (QED) is 0.618. The highest BCUT2D eigenvalue weighted by Gasteiger charge is 2.34. The number of hydrogen-bond donors (Lipinski definition) is 2. The lowest BCUT2D eigenvalue weighted by Gasteiger charge is -2.34. The number of nitrogens with zero attached hydrogens (tertiary/aromatic N) is 2. The summed E-state index contributed by atoms with van der Waals surface area (Å²) in [6.07, 6.45) is 0.615. The maximum atomic E-state index is 13.1. The average Bonchev–Trinajstić information content (AvgIpc) is 2.72. The number of benzene rings is 1. The molecule has 0 radical (unpaired) electrons. The van der Waals surface area contributed by atoms with Crippen molar-refractivity contribution < 1.29 is 26.4 Å². The first-order valence-electron chi connectivity index (χ1n) is 11.5. The van der Waals surface area contributed by atoms with Crippen LogP contribution >= 0.6 is 0 Å². The van der Waals surface area contributed by atoms with Gasteiger partial charge in [0.1, 0.15) is 0 Å². The number of rotatable bonds is 5. The Kier molecular flexibility index (Phi) is 7.98. The normalized spacial score (nSPS) is 23.6. The molecular formula is C22H36N4O6S2. The van der Waals surface area contributed by atoms with Crippen LogP contribution < -0.4 is 10.0 Å². The van der Waals surface area contributed by atoms with E-state index in [0.29, 0.717) is 31.6 Å². The number of ether oxygens (including phenoxy) is 1. The van der Waals surface area contributed by atoms with E-state index in [1.807, 2.05) is 13.8 Å². The topological polar surface area (TPSA) is 125 Å². The van der Waals surface area contributed by atoms with E-state index in [1.54, 1.807) is 37.8 Å². The van der Waals surface area contributed by atoms with Gasteiger partial charge in [0.05, 0.1) is 21.9 Å². The van der Waals surface area contributed by atoms with Crippen molar-refractivity contribution in [2.24, 2.45) is 0 Å². The number of hydrogen-bond acceptors (Lipinski definition) is 6. The van der Waals surface area contributed by atoms with Gasteiger partial charge < -0.3 is 15.0 Å². The van der Waals surface area contributed by atoms with E-state index in [4.69, 9.17) is 4.74 Å². The molecule has 1 aromatic rings. The molecule has 0 aliphatic carbocycles. The number of piperidine rings is 1. The molecule has 2 N–H and O–H groups in total.